The van der Waals surface area contributed by atoms with E-state index in [-0.39, 0.29) is 5.56 Å². The molecule has 5 aromatic rings. The minimum absolute atomic E-state index is 0.230. The summed E-state index contributed by atoms with van der Waals surface area (Å²) in [5, 5.41) is 19.1. The smallest absolute Gasteiger partial charge is 0.335 e. The molecule has 0 aliphatic rings. The van der Waals surface area contributed by atoms with Gasteiger partial charge in [0.15, 0.2) is 5.65 Å². The van der Waals surface area contributed by atoms with Gasteiger partial charge in [-0.3, -0.25) is 4.40 Å². The van der Waals surface area contributed by atoms with Gasteiger partial charge in [0.1, 0.15) is 11.6 Å². The van der Waals surface area contributed by atoms with Gasteiger partial charge in [0.05, 0.1) is 22.3 Å². The van der Waals surface area contributed by atoms with Crippen LogP contribution in [0.2, 0.25) is 0 Å². The molecule has 3 aromatic carbocycles. The van der Waals surface area contributed by atoms with Crippen LogP contribution >= 0.6 is 15.9 Å². The molecule has 0 aliphatic heterocycles. The molecular weight excluding hydrogens is 478 g/mol. The van der Waals surface area contributed by atoms with Gasteiger partial charge in [0.2, 0.25) is 0 Å². The maximum absolute atomic E-state index is 11.1. The molecule has 6 heteroatoms. The fourth-order valence-electron chi connectivity index (χ4n) is 3.85. The van der Waals surface area contributed by atoms with Crippen LogP contribution in [0.3, 0.4) is 0 Å². The van der Waals surface area contributed by atoms with Crippen molar-refractivity contribution in [2.24, 2.45) is 0 Å². The molecule has 5 rings (SSSR count). The number of fused-ring (bicyclic) bond motifs is 3. The van der Waals surface area contributed by atoms with E-state index >= 15 is 0 Å². The molecule has 0 atom stereocenters. The molecule has 0 radical (unpaired) electrons. The number of carboxylic acids is 1. The topological polar surface area (TPSA) is 78.4 Å². The molecule has 33 heavy (non-hydrogen) atoms. The number of rotatable bonds is 4. The Balaban J connectivity index is 1.73. The van der Waals surface area contributed by atoms with Crippen LogP contribution in [0, 0.1) is 11.3 Å². The zero-order valence-corrected chi connectivity index (χ0v) is 18.8. The third-order valence-electron chi connectivity index (χ3n) is 5.47. The lowest BCUT2D eigenvalue weighted by Crippen LogP contribution is -1.98. The highest BCUT2D eigenvalue weighted by Gasteiger charge is 2.17. The Morgan fingerprint density at radius 2 is 1.73 bits per heavy atom. The summed E-state index contributed by atoms with van der Waals surface area (Å²) in [5.74, 6) is -0.965. The maximum Gasteiger partial charge on any atom is 0.335 e. The fourth-order valence-corrected chi connectivity index (χ4v) is 4.12. The van der Waals surface area contributed by atoms with Crippen molar-refractivity contribution in [1.82, 2.24) is 9.38 Å². The number of nitriles is 1. The van der Waals surface area contributed by atoms with Crippen LogP contribution in [-0.2, 0) is 0 Å². The van der Waals surface area contributed by atoms with Crippen molar-refractivity contribution in [1.29, 1.82) is 5.26 Å². The number of hydrogen-bond acceptors (Lipinski definition) is 3. The van der Waals surface area contributed by atoms with Gasteiger partial charge >= 0.3 is 5.97 Å². The average Bonchev–Trinajstić information content (AvgIpc) is 3.22. The Hall–Kier alpha value is -4.21. The molecular formula is C27H16BrN3O2. The van der Waals surface area contributed by atoms with Crippen molar-refractivity contribution < 1.29 is 9.90 Å². The van der Waals surface area contributed by atoms with E-state index in [1.54, 1.807) is 24.3 Å². The SMILES string of the molecule is N#Cc1c(C=Cc2ccc(C(=O)O)cc2)cc(-c2ccc(Br)cc2)n2c1nc1ccccc12. The number of para-hydroxylation sites is 2. The van der Waals surface area contributed by atoms with Gasteiger partial charge in [0, 0.05) is 4.47 Å². The third-order valence-corrected chi connectivity index (χ3v) is 6.00. The summed E-state index contributed by atoms with van der Waals surface area (Å²) in [6.45, 7) is 0. The highest BCUT2D eigenvalue weighted by Crippen LogP contribution is 2.31. The monoisotopic (exact) mass is 493 g/mol. The lowest BCUT2D eigenvalue weighted by atomic mass is 10.0. The normalized spacial score (nSPS) is 11.3. The Morgan fingerprint density at radius 3 is 2.42 bits per heavy atom. The number of aromatic carboxylic acids is 1. The summed E-state index contributed by atoms with van der Waals surface area (Å²) in [6, 6.07) is 26.8. The first-order valence-electron chi connectivity index (χ1n) is 10.2. The van der Waals surface area contributed by atoms with E-state index in [1.807, 2.05) is 71.2 Å². The summed E-state index contributed by atoms with van der Waals surface area (Å²) >= 11 is 3.49. The summed E-state index contributed by atoms with van der Waals surface area (Å²) in [5.41, 5.74) is 6.54. The maximum atomic E-state index is 11.1. The molecule has 2 aromatic heterocycles. The molecule has 0 saturated heterocycles. The van der Waals surface area contributed by atoms with Gasteiger partial charge in [-0.15, -0.1) is 0 Å². The molecule has 0 aliphatic carbocycles. The van der Waals surface area contributed by atoms with E-state index < -0.39 is 5.97 Å². The van der Waals surface area contributed by atoms with E-state index in [1.165, 1.54) is 0 Å². The molecule has 0 fully saturated rings. The van der Waals surface area contributed by atoms with Crippen LogP contribution in [0.25, 0.3) is 40.1 Å². The van der Waals surface area contributed by atoms with Crippen LogP contribution in [0.4, 0.5) is 0 Å². The van der Waals surface area contributed by atoms with Crippen molar-refractivity contribution in [2.75, 3.05) is 0 Å². The van der Waals surface area contributed by atoms with Crippen LogP contribution in [0.5, 0.6) is 0 Å². The standard InChI is InChI=1S/C27H16BrN3O2/c28-21-13-11-18(12-14-21)25-15-20(10-7-17-5-8-19(9-6-17)27(32)33)22(16-29)26-30-23-3-1-2-4-24(23)31(25)26/h1-15H,(H,32,33). The van der Waals surface area contributed by atoms with E-state index in [9.17, 15) is 10.1 Å². The summed E-state index contributed by atoms with van der Waals surface area (Å²) in [4.78, 5) is 15.9. The van der Waals surface area contributed by atoms with E-state index in [0.717, 1.165) is 37.9 Å². The van der Waals surface area contributed by atoms with Gasteiger partial charge in [-0.05, 0) is 59.2 Å². The Bertz CT molecular complexity index is 1590. The lowest BCUT2D eigenvalue weighted by Gasteiger charge is -2.11. The fraction of sp³-hybridized carbons (Fsp3) is 0. The first kappa shape index (κ1) is 20.7. The van der Waals surface area contributed by atoms with E-state index in [0.29, 0.717) is 11.2 Å². The minimum atomic E-state index is -0.965. The summed E-state index contributed by atoms with van der Waals surface area (Å²) < 4.78 is 3.01. The highest BCUT2D eigenvalue weighted by molar-refractivity contribution is 9.10. The Morgan fingerprint density at radius 1 is 1.00 bits per heavy atom. The van der Waals surface area contributed by atoms with Gasteiger partial charge in [-0.1, -0.05) is 64.5 Å². The van der Waals surface area contributed by atoms with Crippen LogP contribution in [-0.4, -0.2) is 20.5 Å². The second kappa shape index (κ2) is 8.38. The number of aromatic nitrogens is 2. The first-order chi connectivity index (χ1) is 16.0. The molecule has 0 unspecified atom stereocenters. The average molecular weight is 494 g/mol. The van der Waals surface area contributed by atoms with Crippen molar-refractivity contribution in [3.05, 3.63) is 106 Å². The zero-order valence-electron chi connectivity index (χ0n) is 17.2. The zero-order chi connectivity index (χ0) is 22.9. The quantitative estimate of drug-likeness (QED) is 0.303. The van der Waals surface area contributed by atoms with Crippen molar-refractivity contribution in [3.8, 4) is 17.3 Å². The number of imidazole rings is 1. The second-order valence-electron chi connectivity index (χ2n) is 7.50. The molecule has 1 N–H and O–H groups in total. The number of pyridine rings is 1. The molecule has 0 saturated carbocycles. The van der Waals surface area contributed by atoms with Crippen molar-refractivity contribution in [2.45, 2.75) is 0 Å². The molecule has 158 valence electrons. The van der Waals surface area contributed by atoms with Crippen LogP contribution < -0.4 is 0 Å². The van der Waals surface area contributed by atoms with Gasteiger partial charge in [0.25, 0.3) is 0 Å². The molecule has 5 nitrogen and oxygen atoms in total. The number of halogens is 1. The van der Waals surface area contributed by atoms with Crippen LogP contribution in [0.1, 0.15) is 27.0 Å². The number of hydrogen-bond donors (Lipinski definition) is 1. The largest absolute Gasteiger partial charge is 0.478 e. The molecule has 0 amide bonds. The van der Waals surface area contributed by atoms with Crippen LogP contribution in [0.15, 0.2) is 83.3 Å². The Labute approximate surface area is 198 Å². The van der Waals surface area contributed by atoms with Crippen molar-refractivity contribution >= 4 is 50.7 Å². The van der Waals surface area contributed by atoms with E-state index in [2.05, 4.69) is 22.0 Å². The highest BCUT2D eigenvalue weighted by atomic mass is 79.9. The van der Waals surface area contributed by atoms with Gasteiger partial charge in [-0.2, -0.15) is 5.26 Å². The van der Waals surface area contributed by atoms with Crippen molar-refractivity contribution in [3.63, 3.8) is 0 Å². The predicted molar refractivity (Wildman–Crippen MR) is 133 cm³/mol. The summed E-state index contributed by atoms with van der Waals surface area (Å²) in [7, 11) is 0. The molecule has 2 heterocycles. The third kappa shape index (κ3) is 3.79. The summed E-state index contributed by atoms with van der Waals surface area (Å²) in [6.07, 6.45) is 3.74. The first-order valence-corrected chi connectivity index (χ1v) is 11.0. The molecule has 0 bridgehead atoms. The lowest BCUT2D eigenvalue weighted by molar-refractivity contribution is 0.0697. The van der Waals surface area contributed by atoms with E-state index in [4.69, 9.17) is 10.1 Å². The molecule has 0 spiro atoms. The number of carbonyl (C=O) groups is 1. The van der Waals surface area contributed by atoms with Gasteiger partial charge in [-0.25, -0.2) is 9.78 Å². The number of nitrogens with zero attached hydrogens (tertiary/aromatic N) is 3. The predicted octanol–water partition coefficient (Wildman–Crippen LogP) is 6.66. The number of benzene rings is 3. The Kier molecular flexibility index (Phi) is 5.25. The second-order valence-corrected chi connectivity index (χ2v) is 8.41. The minimum Gasteiger partial charge on any atom is -0.478 e. The number of carboxylic acid groups (broad SMARTS) is 1. The van der Waals surface area contributed by atoms with Gasteiger partial charge < -0.3 is 5.11 Å².